The van der Waals surface area contributed by atoms with Gasteiger partial charge in [-0.15, -0.1) is 0 Å². The third-order valence-electron chi connectivity index (χ3n) is 4.32. The number of imidazole rings is 1. The number of para-hydroxylation sites is 2. The van der Waals surface area contributed by atoms with E-state index in [0.29, 0.717) is 6.54 Å². The molecule has 116 valence electrons. The molecule has 0 saturated heterocycles. The summed E-state index contributed by atoms with van der Waals surface area (Å²) in [4.78, 5) is 16.9. The quantitative estimate of drug-likeness (QED) is 0.754. The molecule has 5 heteroatoms. The number of aromatic nitrogens is 2. The van der Waals surface area contributed by atoms with Crippen molar-refractivity contribution in [3.63, 3.8) is 0 Å². The molecule has 0 saturated carbocycles. The van der Waals surface area contributed by atoms with Gasteiger partial charge in [-0.05, 0) is 17.7 Å². The van der Waals surface area contributed by atoms with E-state index >= 15 is 0 Å². The lowest BCUT2D eigenvalue weighted by atomic mass is 10.0. The highest BCUT2D eigenvalue weighted by molar-refractivity contribution is 5.79. The van der Waals surface area contributed by atoms with Crippen molar-refractivity contribution < 1.29 is 9.53 Å². The maximum Gasteiger partial charge on any atom is 0.313 e. The molecule has 5 nitrogen and oxygen atoms in total. The minimum atomic E-state index is -0.425. The van der Waals surface area contributed by atoms with Crippen molar-refractivity contribution in [2.24, 2.45) is 11.7 Å². The SMILES string of the molecule is NC1c2nc3ccccc3n2CC1C(=O)OCc1ccccc1. The third-order valence-corrected chi connectivity index (χ3v) is 4.32. The first kappa shape index (κ1) is 14.0. The molecule has 1 aliphatic heterocycles. The zero-order valence-corrected chi connectivity index (χ0v) is 12.6. The van der Waals surface area contributed by atoms with Crippen molar-refractivity contribution in [2.75, 3.05) is 0 Å². The highest BCUT2D eigenvalue weighted by Crippen LogP contribution is 2.33. The lowest BCUT2D eigenvalue weighted by molar-refractivity contribution is -0.150. The summed E-state index contributed by atoms with van der Waals surface area (Å²) in [7, 11) is 0. The van der Waals surface area contributed by atoms with Gasteiger partial charge >= 0.3 is 5.97 Å². The van der Waals surface area contributed by atoms with Crippen molar-refractivity contribution >= 4 is 17.0 Å². The number of esters is 1. The summed E-state index contributed by atoms with van der Waals surface area (Å²) in [6.07, 6.45) is 0. The molecule has 0 bridgehead atoms. The molecule has 2 aromatic carbocycles. The second kappa shape index (κ2) is 5.52. The Balaban J connectivity index is 1.51. The molecular weight excluding hydrogens is 290 g/mol. The summed E-state index contributed by atoms with van der Waals surface area (Å²) in [6, 6.07) is 17.1. The summed E-state index contributed by atoms with van der Waals surface area (Å²) >= 11 is 0. The van der Waals surface area contributed by atoms with Crippen molar-refractivity contribution in [3.05, 3.63) is 66.0 Å². The van der Waals surface area contributed by atoms with E-state index in [4.69, 9.17) is 10.5 Å². The number of ether oxygens (including phenoxy) is 1. The average molecular weight is 307 g/mol. The van der Waals surface area contributed by atoms with E-state index < -0.39 is 6.04 Å². The van der Waals surface area contributed by atoms with Crippen LogP contribution in [-0.4, -0.2) is 15.5 Å². The highest BCUT2D eigenvalue weighted by Gasteiger charge is 2.38. The number of hydrogen-bond acceptors (Lipinski definition) is 4. The lowest BCUT2D eigenvalue weighted by Gasteiger charge is -2.14. The number of hydrogen-bond donors (Lipinski definition) is 1. The molecule has 23 heavy (non-hydrogen) atoms. The lowest BCUT2D eigenvalue weighted by Crippen LogP contribution is -2.27. The molecule has 3 aromatic rings. The molecule has 1 aliphatic rings. The van der Waals surface area contributed by atoms with Crippen molar-refractivity contribution in [2.45, 2.75) is 19.2 Å². The highest BCUT2D eigenvalue weighted by atomic mass is 16.5. The Hall–Kier alpha value is -2.66. The molecule has 2 heterocycles. The summed E-state index contributed by atoms with van der Waals surface area (Å²) in [5.41, 5.74) is 9.13. The number of nitrogens with two attached hydrogens (primary N) is 1. The predicted molar refractivity (Wildman–Crippen MR) is 86.4 cm³/mol. The van der Waals surface area contributed by atoms with E-state index in [9.17, 15) is 4.79 Å². The normalized spacial score (nSPS) is 19.7. The first-order chi connectivity index (χ1) is 11.2. The second-order valence-corrected chi connectivity index (χ2v) is 5.79. The van der Waals surface area contributed by atoms with Gasteiger partial charge in [0, 0.05) is 6.54 Å². The van der Waals surface area contributed by atoms with Gasteiger partial charge in [0.25, 0.3) is 0 Å². The van der Waals surface area contributed by atoms with Crippen LogP contribution in [0.25, 0.3) is 11.0 Å². The first-order valence-electron chi connectivity index (χ1n) is 7.65. The Morgan fingerprint density at radius 2 is 1.91 bits per heavy atom. The van der Waals surface area contributed by atoms with E-state index in [1.165, 1.54) is 0 Å². The number of rotatable bonds is 3. The Labute approximate surface area is 133 Å². The topological polar surface area (TPSA) is 70.1 Å². The second-order valence-electron chi connectivity index (χ2n) is 5.79. The fourth-order valence-electron chi connectivity index (χ4n) is 3.09. The van der Waals surface area contributed by atoms with E-state index in [-0.39, 0.29) is 18.5 Å². The van der Waals surface area contributed by atoms with Gasteiger partial charge in [0.15, 0.2) is 0 Å². The van der Waals surface area contributed by atoms with Crippen LogP contribution in [0.15, 0.2) is 54.6 Å². The Bertz CT molecular complexity index is 857. The largest absolute Gasteiger partial charge is 0.460 e. The van der Waals surface area contributed by atoms with Crippen molar-refractivity contribution in [1.29, 1.82) is 0 Å². The van der Waals surface area contributed by atoms with Gasteiger partial charge in [-0.2, -0.15) is 0 Å². The predicted octanol–water partition coefficient (Wildman–Crippen LogP) is 2.41. The van der Waals surface area contributed by atoms with Gasteiger partial charge in [0.2, 0.25) is 0 Å². The molecule has 0 spiro atoms. The van der Waals surface area contributed by atoms with Crippen LogP contribution in [0, 0.1) is 5.92 Å². The van der Waals surface area contributed by atoms with Gasteiger partial charge in [0.05, 0.1) is 23.0 Å². The van der Waals surface area contributed by atoms with Gasteiger partial charge < -0.3 is 15.0 Å². The minimum Gasteiger partial charge on any atom is -0.460 e. The maximum atomic E-state index is 12.4. The number of fused-ring (bicyclic) bond motifs is 3. The Kier molecular flexibility index (Phi) is 3.35. The fraction of sp³-hybridized carbons (Fsp3) is 0.222. The molecular formula is C18H17N3O2. The smallest absolute Gasteiger partial charge is 0.313 e. The molecule has 0 fully saturated rings. The van der Waals surface area contributed by atoms with Crippen LogP contribution in [0.3, 0.4) is 0 Å². The summed E-state index contributed by atoms with van der Waals surface area (Å²) < 4.78 is 7.46. The Morgan fingerprint density at radius 3 is 2.74 bits per heavy atom. The molecule has 2 unspecified atom stereocenters. The monoisotopic (exact) mass is 307 g/mol. The number of nitrogens with zero attached hydrogens (tertiary/aromatic N) is 2. The van der Waals surface area contributed by atoms with Gasteiger partial charge in [-0.3, -0.25) is 4.79 Å². The molecule has 0 aliphatic carbocycles. The van der Waals surface area contributed by atoms with Crippen molar-refractivity contribution in [1.82, 2.24) is 9.55 Å². The molecule has 2 N–H and O–H groups in total. The zero-order chi connectivity index (χ0) is 15.8. The van der Waals surface area contributed by atoms with E-state index in [1.54, 1.807) is 0 Å². The van der Waals surface area contributed by atoms with Gasteiger partial charge in [0.1, 0.15) is 12.4 Å². The fourth-order valence-corrected chi connectivity index (χ4v) is 3.09. The molecule has 0 radical (unpaired) electrons. The molecule has 4 rings (SSSR count). The van der Waals surface area contributed by atoms with Crippen LogP contribution in [0.4, 0.5) is 0 Å². The van der Waals surface area contributed by atoms with Gasteiger partial charge in [-0.25, -0.2) is 4.98 Å². The number of carbonyl (C=O) groups excluding carboxylic acids is 1. The van der Waals surface area contributed by atoms with Crippen LogP contribution >= 0.6 is 0 Å². The molecule has 1 aromatic heterocycles. The van der Waals surface area contributed by atoms with Crippen molar-refractivity contribution in [3.8, 4) is 0 Å². The van der Waals surface area contributed by atoms with Crippen LogP contribution in [0.1, 0.15) is 17.4 Å². The van der Waals surface area contributed by atoms with E-state index in [0.717, 1.165) is 22.4 Å². The Morgan fingerprint density at radius 1 is 1.17 bits per heavy atom. The average Bonchev–Trinajstić information content (AvgIpc) is 3.11. The zero-order valence-electron chi connectivity index (χ0n) is 12.6. The van der Waals surface area contributed by atoms with Crippen LogP contribution in [-0.2, 0) is 22.7 Å². The van der Waals surface area contributed by atoms with Crippen LogP contribution in [0.2, 0.25) is 0 Å². The summed E-state index contributed by atoms with van der Waals surface area (Å²) in [6.45, 7) is 0.788. The molecule has 0 amide bonds. The van der Waals surface area contributed by atoms with Crippen LogP contribution < -0.4 is 5.73 Å². The number of carbonyl (C=O) groups is 1. The van der Waals surface area contributed by atoms with Crippen LogP contribution in [0.5, 0.6) is 0 Å². The summed E-state index contributed by atoms with van der Waals surface area (Å²) in [5.74, 6) is 0.106. The third kappa shape index (κ3) is 2.39. The summed E-state index contributed by atoms with van der Waals surface area (Å²) in [5, 5.41) is 0. The minimum absolute atomic E-state index is 0.268. The van der Waals surface area contributed by atoms with Gasteiger partial charge in [-0.1, -0.05) is 42.5 Å². The van der Waals surface area contributed by atoms with E-state index in [2.05, 4.69) is 4.98 Å². The van der Waals surface area contributed by atoms with E-state index in [1.807, 2.05) is 59.2 Å². The molecule has 2 atom stereocenters. The first-order valence-corrected chi connectivity index (χ1v) is 7.65. The maximum absolute atomic E-state index is 12.4. The standard InChI is InChI=1S/C18H17N3O2/c19-16-13(18(22)23-11-12-6-2-1-3-7-12)10-21-15-9-5-4-8-14(15)20-17(16)21/h1-9,13,16H,10-11,19H2. The number of benzene rings is 2.